The second-order valence-corrected chi connectivity index (χ2v) is 11.3. The van der Waals surface area contributed by atoms with Gasteiger partial charge in [0, 0.05) is 20.5 Å². The van der Waals surface area contributed by atoms with E-state index < -0.39 is 38.3 Å². The Hall–Kier alpha value is -3.32. The van der Waals surface area contributed by atoms with Gasteiger partial charge in [-0.1, -0.05) is 18.2 Å². The van der Waals surface area contributed by atoms with Crippen molar-refractivity contribution >= 4 is 36.6 Å². The van der Waals surface area contributed by atoms with Gasteiger partial charge in [0.2, 0.25) is 5.95 Å². The van der Waals surface area contributed by atoms with E-state index in [-0.39, 0.29) is 30.8 Å². The fraction of sp³-hybridized carbons (Fsp3) is 0.500. The number of imidazole rings is 1. The summed E-state index contributed by atoms with van der Waals surface area (Å²) in [6, 6.07) is 7.33. The average molecular weight is 566 g/mol. The monoisotopic (exact) mass is 565 g/mol. The topological polar surface area (TPSA) is 156 Å². The van der Waals surface area contributed by atoms with Gasteiger partial charge >= 0.3 is 13.7 Å². The molecule has 13 nitrogen and oxygen atoms in total. The molecule has 39 heavy (non-hydrogen) atoms. The summed E-state index contributed by atoms with van der Waals surface area (Å²) in [5, 5.41) is 2.60. The van der Waals surface area contributed by atoms with Crippen molar-refractivity contribution in [2.75, 3.05) is 31.3 Å². The molecular formula is C24H33FN7O6P. The van der Waals surface area contributed by atoms with Gasteiger partial charge in [-0.15, -0.1) is 0 Å². The number of rotatable bonds is 11. The number of para-hydroxylation sites is 1. The molecule has 1 aliphatic heterocycles. The van der Waals surface area contributed by atoms with Crippen LogP contribution >= 0.6 is 7.75 Å². The van der Waals surface area contributed by atoms with Crippen LogP contribution in [0.3, 0.4) is 0 Å². The summed E-state index contributed by atoms with van der Waals surface area (Å²) < 4.78 is 52.7. The predicted octanol–water partition coefficient (Wildman–Crippen LogP) is 3.23. The first kappa shape index (κ1) is 28.7. The number of hydrogen-bond acceptors (Lipinski definition) is 11. The normalized spacial score (nSPS) is 21.6. The van der Waals surface area contributed by atoms with E-state index in [0.717, 1.165) is 0 Å². The number of carbonyl (C=O) groups excluding carboxylic acids is 1. The van der Waals surface area contributed by atoms with Gasteiger partial charge in [-0.3, -0.25) is 13.9 Å². The zero-order valence-electron chi connectivity index (χ0n) is 22.4. The lowest BCUT2D eigenvalue weighted by atomic mass is 10.2. The summed E-state index contributed by atoms with van der Waals surface area (Å²) in [6.45, 7) is 4.60. The van der Waals surface area contributed by atoms with E-state index in [4.69, 9.17) is 24.3 Å². The van der Waals surface area contributed by atoms with Crippen molar-refractivity contribution in [3.8, 4) is 5.75 Å². The molecule has 0 radical (unpaired) electrons. The fourth-order valence-corrected chi connectivity index (χ4v) is 5.51. The summed E-state index contributed by atoms with van der Waals surface area (Å²) in [7, 11) is -0.560. The number of esters is 1. The van der Waals surface area contributed by atoms with Crippen molar-refractivity contribution in [3.05, 3.63) is 36.7 Å². The Labute approximate surface area is 225 Å². The van der Waals surface area contributed by atoms with Crippen LogP contribution in [0.2, 0.25) is 0 Å². The summed E-state index contributed by atoms with van der Waals surface area (Å²) in [5.74, 6) is 0.123. The molecule has 1 aromatic carbocycles. The molecule has 0 bridgehead atoms. The summed E-state index contributed by atoms with van der Waals surface area (Å²) in [5.41, 5.74) is 6.63. The van der Waals surface area contributed by atoms with Gasteiger partial charge in [0.25, 0.3) is 0 Å². The fourth-order valence-electron chi connectivity index (χ4n) is 3.98. The zero-order valence-corrected chi connectivity index (χ0v) is 23.2. The Morgan fingerprint density at radius 2 is 2.00 bits per heavy atom. The maximum Gasteiger partial charge on any atom is 0.459 e. The van der Waals surface area contributed by atoms with Gasteiger partial charge < -0.3 is 24.6 Å². The smallest absolute Gasteiger partial charge is 0.459 e. The first-order valence-corrected chi connectivity index (χ1v) is 13.9. The lowest BCUT2D eigenvalue weighted by molar-refractivity contribution is -0.149. The SMILES string of the molecule is CC(C)OC(=O)[C@H](C)N[P@@](=O)(OC[C@@H]1C[C@H](F)[C@H](n2cnc3c(N(C)C)nc(N)nc32)O1)Oc1ccccc1. The molecule has 1 saturated heterocycles. The van der Waals surface area contributed by atoms with Crippen molar-refractivity contribution in [2.24, 2.45) is 0 Å². The maximum absolute atomic E-state index is 15.2. The molecule has 4 rings (SSSR count). The molecule has 2 aromatic heterocycles. The molecule has 0 unspecified atom stereocenters. The quantitative estimate of drug-likeness (QED) is 0.259. The van der Waals surface area contributed by atoms with Crippen LogP contribution in [0, 0.1) is 0 Å². The standard InChI is InChI=1S/C24H33FN7O6P/c1-14(2)36-23(33)15(3)30-39(34,38-16-9-7-6-8-10-16)35-12-17-11-18(25)22(37-17)32-13-27-19-20(31(4)5)28-24(26)29-21(19)32/h6-10,13-15,17-18,22H,11-12H2,1-5H3,(H,30,34)(H2,26,28,29)/t15-,17-,18-,22+,39+/m0/s1. The van der Waals surface area contributed by atoms with Crippen LogP contribution in [0.4, 0.5) is 16.2 Å². The number of alkyl halides is 1. The lowest BCUT2D eigenvalue weighted by Crippen LogP contribution is -2.36. The molecule has 3 N–H and O–H groups in total. The molecule has 1 fully saturated rings. The van der Waals surface area contributed by atoms with Gasteiger partial charge in [0.15, 0.2) is 23.2 Å². The maximum atomic E-state index is 15.2. The number of anilines is 2. The van der Waals surface area contributed by atoms with E-state index in [1.807, 2.05) is 0 Å². The number of nitrogens with zero attached hydrogens (tertiary/aromatic N) is 5. The number of hydrogen-bond donors (Lipinski definition) is 2. The Kier molecular flexibility index (Phi) is 8.70. The molecule has 3 aromatic rings. The lowest BCUT2D eigenvalue weighted by Gasteiger charge is -2.24. The molecular weight excluding hydrogens is 532 g/mol. The van der Waals surface area contributed by atoms with E-state index >= 15 is 4.39 Å². The van der Waals surface area contributed by atoms with E-state index in [1.54, 1.807) is 63.2 Å². The van der Waals surface area contributed by atoms with Crippen LogP contribution in [-0.4, -0.2) is 70.6 Å². The van der Waals surface area contributed by atoms with E-state index in [1.165, 1.54) is 17.8 Å². The number of nitrogens with one attached hydrogen (secondary N) is 1. The van der Waals surface area contributed by atoms with Gasteiger partial charge in [0.05, 0.1) is 25.1 Å². The minimum absolute atomic E-state index is 0.0106. The second kappa shape index (κ2) is 11.8. The second-order valence-electron chi connectivity index (χ2n) is 9.56. The third-order valence-corrected chi connectivity index (χ3v) is 7.35. The Bertz CT molecular complexity index is 1340. The number of fused-ring (bicyclic) bond motifs is 1. The van der Waals surface area contributed by atoms with Gasteiger partial charge in [-0.2, -0.15) is 15.1 Å². The predicted molar refractivity (Wildman–Crippen MR) is 142 cm³/mol. The third kappa shape index (κ3) is 6.82. The van der Waals surface area contributed by atoms with Crippen LogP contribution in [0.5, 0.6) is 5.75 Å². The van der Waals surface area contributed by atoms with Crippen molar-refractivity contribution in [1.82, 2.24) is 24.6 Å². The summed E-state index contributed by atoms with van der Waals surface area (Å²) in [6.07, 6.45) is -2.31. The molecule has 212 valence electrons. The molecule has 0 saturated carbocycles. The number of nitrogens with two attached hydrogens (primary N) is 1. The van der Waals surface area contributed by atoms with Gasteiger partial charge in [-0.05, 0) is 32.9 Å². The number of benzene rings is 1. The number of carbonyl (C=O) groups is 1. The molecule has 0 amide bonds. The van der Waals surface area contributed by atoms with Crippen LogP contribution in [0.1, 0.15) is 33.4 Å². The van der Waals surface area contributed by atoms with Gasteiger partial charge in [0.1, 0.15) is 18.0 Å². The summed E-state index contributed by atoms with van der Waals surface area (Å²) >= 11 is 0. The molecule has 5 atom stereocenters. The highest BCUT2D eigenvalue weighted by Gasteiger charge is 2.40. The van der Waals surface area contributed by atoms with Crippen LogP contribution in [0.15, 0.2) is 36.7 Å². The van der Waals surface area contributed by atoms with Crippen LogP contribution < -0.4 is 20.2 Å². The van der Waals surface area contributed by atoms with E-state index in [2.05, 4.69) is 20.0 Å². The minimum Gasteiger partial charge on any atom is -0.462 e. The Morgan fingerprint density at radius 1 is 1.28 bits per heavy atom. The first-order chi connectivity index (χ1) is 18.5. The van der Waals surface area contributed by atoms with Gasteiger partial charge in [-0.25, -0.2) is 13.9 Å². The minimum atomic E-state index is -4.13. The highest BCUT2D eigenvalue weighted by molar-refractivity contribution is 7.52. The molecule has 0 spiro atoms. The summed E-state index contributed by atoms with van der Waals surface area (Å²) in [4.78, 5) is 26.8. The third-order valence-electron chi connectivity index (χ3n) is 5.70. The first-order valence-electron chi connectivity index (χ1n) is 12.4. The number of halogens is 1. The molecule has 1 aliphatic rings. The molecule has 15 heteroatoms. The van der Waals surface area contributed by atoms with E-state index in [0.29, 0.717) is 17.0 Å². The largest absolute Gasteiger partial charge is 0.462 e. The Balaban J connectivity index is 1.49. The number of ether oxygens (including phenoxy) is 2. The van der Waals surface area contributed by atoms with Crippen molar-refractivity contribution < 1.29 is 32.3 Å². The average Bonchev–Trinajstić information content (AvgIpc) is 3.45. The van der Waals surface area contributed by atoms with Crippen LogP contribution in [0.25, 0.3) is 11.2 Å². The highest BCUT2D eigenvalue weighted by atomic mass is 31.2. The van der Waals surface area contributed by atoms with Crippen molar-refractivity contribution in [2.45, 2.75) is 57.8 Å². The van der Waals surface area contributed by atoms with E-state index in [9.17, 15) is 9.36 Å². The Morgan fingerprint density at radius 3 is 2.67 bits per heavy atom. The van der Waals surface area contributed by atoms with Crippen molar-refractivity contribution in [1.29, 1.82) is 0 Å². The highest BCUT2D eigenvalue weighted by Crippen LogP contribution is 2.46. The zero-order chi connectivity index (χ0) is 28.3. The molecule has 0 aliphatic carbocycles. The number of nitrogen functional groups attached to an aromatic ring is 1. The molecule has 3 heterocycles. The van der Waals surface area contributed by atoms with Crippen molar-refractivity contribution in [3.63, 3.8) is 0 Å². The van der Waals surface area contributed by atoms with Crippen LogP contribution in [-0.2, 0) is 23.4 Å². The number of aromatic nitrogens is 4.